The minimum Gasteiger partial charge on any atom is -0.475 e. The summed E-state index contributed by atoms with van der Waals surface area (Å²) in [4.78, 5) is 27.0. The smallest absolute Gasteiger partial charge is 0.371 e. The maximum absolute atomic E-state index is 12.3. The van der Waals surface area contributed by atoms with Crippen LogP contribution in [0.4, 0.5) is 0 Å². The molecular weight excluding hydrogens is 280 g/mol. The highest BCUT2D eigenvalue weighted by molar-refractivity contribution is 7.99. The van der Waals surface area contributed by atoms with Gasteiger partial charge in [-0.05, 0) is 44.7 Å². The van der Waals surface area contributed by atoms with E-state index in [2.05, 4.69) is 4.98 Å². The molecule has 0 spiro atoms. The SMILES string of the molecule is CC(C)(C)n1ccnc(Sc2ccc(C(=O)O)o2)c1=O. The number of rotatable bonds is 3. The van der Waals surface area contributed by atoms with E-state index >= 15 is 0 Å². The molecular formula is C13H14N2O4S. The number of hydrogen-bond acceptors (Lipinski definition) is 5. The van der Waals surface area contributed by atoms with E-state index in [4.69, 9.17) is 9.52 Å². The Morgan fingerprint density at radius 1 is 1.40 bits per heavy atom. The van der Waals surface area contributed by atoms with Gasteiger partial charge in [0.2, 0.25) is 5.76 Å². The molecule has 0 aliphatic heterocycles. The number of carbonyl (C=O) groups is 1. The number of nitrogens with zero attached hydrogens (tertiary/aromatic N) is 2. The molecule has 0 aromatic carbocycles. The summed E-state index contributed by atoms with van der Waals surface area (Å²) >= 11 is 1.01. The molecule has 0 amide bonds. The lowest BCUT2D eigenvalue weighted by atomic mass is 10.1. The van der Waals surface area contributed by atoms with Crippen LogP contribution < -0.4 is 5.56 Å². The first-order valence-corrected chi connectivity index (χ1v) is 6.70. The topological polar surface area (TPSA) is 85.3 Å². The van der Waals surface area contributed by atoms with Gasteiger partial charge >= 0.3 is 5.97 Å². The van der Waals surface area contributed by atoms with Crippen molar-refractivity contribution in [3.63, 3.8) is 0 Å². The maximum Gasteiger partial charge on any atom is 0.371 e. The van der Waals surface area contributed by atoms with Crippen molar-refractivity contribution < 1.29 is 14.3 Å². The first kappa shape index (κ1) is 14.4. The van der Waals surface area contributed by atoms with Gasteiger partial charge in [-0.15, -0.1) is 0 Å². The van der Waals surface area contributed by atoms with Crippen LogP contribution in [0.15, 0.2) is 43.9 Å². The van der Waals surface area contributed by atoms with Gasteiger partial charge < -0.3 is 14.1 Å². The van der Waals surface area contributed by atoms with E-state index in [-0.39, 0.29) is 21.9 Å². The van der Waals surface area contributed by atoms with Crippen molar-refractivity contribution in [1.29, 1.82) is 0 Å². The Hall–Kier alpha value is -2.02. The standard InChI is InChI=1S/C13H14N2O4S/c1-13(2,3)15-7-6-14-10(11(15)16)20-9-5-4-8(19-9)12(17)18/h4-7H,1-3H3,(H,17,18). The molecule has 2 aromatic heterocycles. The van der Waals surface area contributed by atoms with Gasteiger partial charge in [-0.1, -0.05) is 0 Å². The summed E-state index contributed by atoms with van der Waals surface area (Å²) in [5.41, 5.74) is -0.594. The molecule has 6 nitrogen and oxygen atoms in total. The predicted molar refractivity (Wildman–Crippen MR) is 73.3 cm³/mol. The summed E-state index contributed by atoms with van der Waals surface area (Å²) in [6.07, 6.45) is 3.16. The van der Waals surface area contributed by atoms with Crippen molar-refractivity contribution in [2.24, 2.45) is 0 Å². The van der Waals surface area contributed by atoms with Crippen molar-refractivity contribution in [2.45, 2.75) is 36.4 Å². The Kier molecular flexibility index (Phi) is 3.71. The maximum atomic E-state index is 12.3. The molecule has 0 aliphatic rings. The highest BCUT2D eigenvalue weighted by Gasteiger charge is 2.18. The zero-order valence-electron chi connectivity index (χ0n) is 11.3. The lowest BCUT2D eigenvalue weighted by Crippen LogP contribution is -2.34. The summed E-state index contributed by atoms with van der Waals surface area (Å²) < 4.78 is 6.68. The van der Waals surface area contributed by atoms with Crippen LogP contribution in [0.5, 0.6) is 0 Å². The second kappa shape index (κ2) is 5.16. The van der Waals surface area contributed by atoms with E-state index in [9.17, 15) is 9.59 Å². The fraction of sp³-hybridized carbons (Fsp3) is 0.308. The average molecular weight is 294 g/mol. The Balaban J connectivity index is 2.34. The van der Waals surface area contributed by atoms with Crippen molar-refractivity contribution >= 4 is 17.7 Å². The Morgan fingerprint density at radius 3 is 2.65 bits per heavy atom. The minimum absolute atomic E-state index is 0.167. The monoisotopic (exact) mass is 294 g/mol. The molecule has 2 rings (SSSR count). The fourth-order valence-electron chi connectivity index (χ4n) is 1.58. The molecule has 7 heteroatoms. The normalized spacial score (nSPS) is 11.6. The summed E-state index contributed by atoms with van der Waals surface area (Å²) in [5, 5.41) is 9.35. The number of furan rings is 1. The molecule has 2 aromatic rings. The predicted octanol–water partition coefficient (Wildman–Crippen LogP) is 2.44. The van der Waals surface area contributed by atoms with E-state index in [0.29, 0.717) is 5.09 Å². The highest BCUT2D eigenvalue weighted by atomic mass is 32.2. The lowest BCUT2D eigenvalue weighted by molar-refractivity contribution is 0.0656. The summed E-state index contributed by atoms with van der Waals surface area (Å²) in [6.45, 7) is 5.74. The number of carboxylic acids is 1. The molecule has 0 fully saturated rings. The van der Waals surface area contributed by atoms with Crippen LogP contribution in [0.25, 0.3) is 0 Å². The quantitative estimate of drug-likeness (QED) is 0.935. The van der Waals surface area contributed by atoms with E-state index in [0.717, 1.165) is 11.8 Å². The highest BCUT2D eigenvalue weighted by Crippen LogP contribution is 2.26. The second-order valence-electron chi connectivity index (χ2n) is 5.10. The molecule has 106 valence electrons. The third-order valence-corrected chi connectivity index (χ3v) is 3.42. The summed E-state index contributed by atoms with van der Waals surface area (Å²) in [6, 6.07) is 2.85. The molecule has 0 atom stereocenters. The van der Waals surface area contributed by atoms with Crippen LogP contribution in [0, 0.1) is 0 Å². The number of aromatic carboxylic acids is 1. The molecule has 0 aliphatic carbocycles. The van der Waals surface area contributed by atoms with Crippen LogP contribution in [-0.2, 0) is 5.54 Å². The largest absolute Gasteiger partial charge is 0.475 e. The summed E-state index contributed by atoms with van der Waals surface area (Å²) in [5.74, 6) is -1.32. The molecule has 2 heterocycles. The van der Waals surface area contributed by atoms with Crippen molar-refractivity contribution in [3.05, 3.63) is 40.6 Å². The molecule has 0 radical (unpaired) electrons. The fourth-order valence-corrected chi connectivity index (χ4v) is 2.33. The Bertz CT molecular complexity index is 697. The molecule has 0 saturated carbocycles. The van der Waals surface area contributed by atoms with Crippen LogP contribution in [0.2, 0.25) is 0 Å². The number of carboxylic acid groups (broad SMARTS) is 1. The Morgan fingerprint density at radius 2 is 2.10 bits per heavy atom. The first-order valence-electron chi connectivity index (χ1n) is 5.88. The molecule has 20 heavy (non-hydrogen) atoms. The Labute approximate surface area is 119 Å². The average Bonchev–Trinajstić information content (AvgIpc) is 2.79. The van der Waals surface area contributed by atoms with Crippen LogP contribution in [0.1, 0.15) is 31.3 Å². The van der Waals surface area contributed by atoms with Gasteiger partial charge in [-0.2, -0.15) is 0 Å². The third-order valence-electron chi connectivity index (χ3n) is 2.52. The zero-order chi connectivity index (χ0) is 14.9. The van der Waals surface area contributed by atoms with Gasteiger partial charge in [0.15, 0.2) is 10.1 Å². The van der Waals surface area contributed by atoms with Gasteiger partial charge in [-0.3, -0.25) is 4.79 Å². The van der Waals surface area contributed by atoms with Gasteiger partial charge in [0.05, 0.1) is 0 Å². The second-order valence-corrected chi connectivity index (χ2v) is 6.10. The molecule has 0 unspecified atom stereocenters. The van der Waals surface area contributed by atoms with Crippen LogP contribution >= 0.6 is 11.8 Å². The van der Waals surface area contributed by atoms with Crippen molar-refractivity contribution in [3.8, 4) is 0 Å². The molecule has 0 bridgehead atoms. The van der Waals surface area contributed by atoms with E-state index < -0.39 is 5.97 Å². The zero-order valence-corrected chi connectivity index (χ0v) is 12.1. The lowest BCUT2D eigenvalue weighted by Gasteiger charge is -2.22. The van der Waals surface area contributed by atoms with Gasteiger partial charge in [0.1, 0.15) is 0 Å². The first-order chi connectivity index (χ1) is 9.29. The van der Waals surface area contributed by atoms with Gasteiger partial charge in [0.25, 0.3) is 5.56 Å². The molecule has 0 saturated heterocycles. The van der Waals surface area contributed by atoms with E-state index in [1.54, 1.807) is 10.8 Å². The van der Waals surface area contributed by atoms with Gasteiger partial charge in [0, 0.05) is 17.9 Å². The third kappa shape index (κ3) is 2.93. The number of aromatic nitrogens is 2. The molecule has 1 N–H and O–H groups in total. The van der Waals surface area contributed by atoms with Crippen molar-refractivity contribution in [1.82, 2.24) is 9.55 Å². The minimum atomic E-state index is -1.15. The number of hydrogen-bond donors (Lipinski definition) is 1. The van der Waals surface area contributed by atoms with Crippen LogP contribution in [-0.4, -0.2) is 20.6 Å². The summed E-state index contributed by atoms with van der Waals surface area (Å²) in [7, 11) is 0. The van der Waals surface area contributed by atoms with E-state index in [1.165, 1.54) is 18.3 Å². The van der Waals surface area contributed by atoms with Gasteiger partial charge in [-0.25, -0.2) is 9.78 Å². The van der Waals surface area contributed by atoms with Crippen LogP contribution in [0.3, 0.4) is 0 Å². The van der Waals surface area contributed by atoms with Crippen molar-refractivity contribution in [2.75, 3.05) is 0 Å². The van der Waals surface area contributed by atoms with E-state index in [1.807, 2.05) is 20.8 Å².